The summed E-state index contributed by atoms with van der Waals surface area (Å²) in [6, 6.07) is 12.3. The fourth-order valence-corrected chi connectivity index (χ4v) is 5.37. The van der Waals surface area contributed by atoms with Crippen LogP contribution in [-0.2, 0) is 0 Å². The first-order valence-corrected chi connectivity index (χ1v) is 12.1. The van der Waals surface area contributed by atoms with E-state index in [2.05, 4.69) is 9.88 Å². The molecule has 2 aliphatic heterocycles. The van der Waals surface area contributed by atoms with Crippen molar-refractivity contribution in [2.75, 3.05) is 26.2 Å². The summed E-state index contributed by atoms with van der Waals surface area (Å²) < 4.78 is 26.6. The van der Waals surface area contributed by atoms with Crippen LogP contribution in [0.5, 0.6) is 0 Å². The second kappa shape index (κ2) is 9.66. The summed E-state index contributed by atoms with van der Waals surface area (Å²) in [5.74, 6) is -0.592. The number of nitrogens with zero attached hydrogens (tertiary/aromatic N) is 2. The number of fused-ring (bicyclic) bond motifs is 1. The van der Waals surface area contributed by atoms with Gasteiger partial charge in [-0.3, -0.25) is 9.59 Å². The number of H-pyrrole nitrogens is 1. The van der Waals surface area contributed by atoms with Crippen molar-refractivity contribution in [2.45, 2.75) is 38.1 Å². The molecule has 0 aliphatic carbocycles. The maximum absolute atomic E-state index is 13.5. The van der Waals surface area contributed by atoms with Crippen LogP contribution in [0.4, 0.5) is 8.78 Å². The molecule has 0 spiro atoms. The standard InChI is InChI=1S/C27H29F2N3O2/c28-21-6-3-18(4-7-21)26(33)19-9-13-31(14-10-19)15-11-23-2-1-12-32(23)27(34)25-16-20-5-8-22(29)17-24(20)30-25/h3-8,16-17,19,23,30H,1-2,9-15H2. The average Bonchev–Trinajstić information content (AvgIpc) is 3.49. The van der Waals surface area contributed by atoms with E-state index < -0.39 is 0 Å². The number of aromatic amines is 1. The van der Waals surface area contributed by atoms with E-state index in [1.54, 1.807) is 24.3 Å². The predicted octanol–water partition coefficient (Wildman–Crippen LogP) is 5.04. The van der Waals surface area contributed by atoms with E-state index in [0.717, 1.165) is 63.7 Å². The van der Waals surface area contributed by atoms with Crippen molar-refractivity contribution in [1.29, 1.82) is 0 Å². The van der Waals surface area contributed by atoms with Gasteiger partial charge in [-0.25, -0.2) is 8.78 Å². The molecule has 2 saturated heterocycles. The van der Waals surface area contributed by atoms with Gasteiger partial charge in [0.1, 0.15) is 17.3 Å². The Kier molecular flexibility index (Phi) is 6.46. The second-order valence-corrected chi connectivity index (χ2v) is 9.48. The van der Waals surface area contributed by atoms with E-state index in [1.807, 2.05) is 4.90 Å². The Morgan fingerprint density at radius 1 is 0.912 bits per heavy atom. The Labute approximate surface area is 197 Å². The number of likely N-dealkylation sites (tertiary alicyclic amines) is 2. The average molecular weight is 466 g/mol. The summed E-state index contributed by atoms with van der Waals surface area (Å²) >= 11 is 0. The highest BCUT2D eigenvalue weighted by molar-refractivity contribution is 5.98. The Morgan fingerprint density at radius 3 is 2.41 bits per heavy atom. The number of Topliss-reactive ketones (excluding diaryl/α,β-unsaturated/α-hetero) is 1. The van der Waals surface area contributed by atoms with Crippen molar-refractivity contribution < 1.29 is 18.4 Å². The fraction of sp³-hybridized carbons (Fsp3) is 0.407. The number of hydrogen-bond acceptors (Lipinski definition) is 3. The van der Waals surface area contributed by atoms with Crippen LogP contribution in [-0.4, -0.2) is 58.7 Å². The normalized spacial score (nSPS) is 19.7. The van der Waals surface area contributed by atoms with Gasteiger partial charge in [-0.1, -0.05) is 0 Å². The van der Waals surface area contributed by atoms with E-state index >= 15 is 0 Å². The minimum absolute atomic E-state index is 0.0156. The zero-order chi connectivity index (χ0) is 23.7. The van der Waals surface area contributed by atoms with Crippen LogP contribution < -0.4 is 0 Å². The first-order valence-electron chi connectivity index (χ1n) is 12.1. The lowest BCUT2D eigenvalue weighted by molar-refractivity contribution is 0.0700. The number of amides is 1. The van der Waals surface area contributed by atoms with Gasteiger partial charge in [0.25, 0.3) is 5.91 Å². The number of hydrogen-bond donors (Lipinski definition) is 1. The number of piperidine rings is 1. The molecule has 3 heterocycles. The van der Waals surface area contributed by atoms with Crippen LogP contribution in [0, 0.1) is 17.6 Å². The Hall–Kier alpha value is -3.06. The van der Waals surface area contributed by atoms with Gasteiger partial charge in [-0.05, 0) is 93.7 Å². The molecule has 1 amide bonds. The lowest BCUT2D eigenvalue weighted by Crippen LogP contribution is -2.41. The van der Waals surface area contributed by atoms with Gasteiger partial charge in [0.15, 0.2) is 5.78 Å². The highest BCUT2D eigenvalue weighted by atomic mass is 19.1. The van der Waals surface area contributed by atoms with Crippen LogP contribution in [0.1, 0.15) is 53.0 Å². The molecule has 2 fully saturated rings. The number of benzene rings is 2. The molecule has 0 bridgehead atoms. The maximum Gasteiger partial charge on any atom is 0.270 e. The van der Waals surface area contributed by atoms with Gasteiger partial charge in [0, 0.05) is 41.5 Å². The first-order chi connectivity index (χ1) is 16.5. The van der Waals surface area contributed by atoms with Gasteiger partial charge in [-0.2, -0.15) is 0 Å². The highest BCUT2D eigenvalue weighted by Gasteiger charge is 2.31. The Morgan fingerprint density at radius 2 is 1.65 bits per heavy atom. The molecule has 1 aromatic heterocycles. The summed E-state index contributed by atoms with van der Waals surface area (Å²) in [6.45, 7) is 3.34. The van der Waals surface area contributed by atoms with Crippen LogP contribution in [0.2, 0.25) is 0 Å². The SMILES string of the molecule is O=C(c1ccc(F)cc1)C1CCN(CCC2CCCN2C(=O)c2cc3ccc(F)cc3[nH]2)CC1. The number of rotatable bonds is 6. The van der Waals surface area contributed by atoms with Gasteiger partial charge in [0.2, 0.25) is 0 Å². The van der Waals surface area contributed by atoms with Crippen molar-refractivity contribution >= 4 is 22.6 Å². The summed E-state index contributed by atoms with van der Waals surface area (Å²) in [4.78, 5) is 33.3. The molecule has 1 atom stereocenters. The molecule has 1 N–H and O–H groups in total. The zero-order valence-corrected chi connectivity index (χ0v) is 19.1. The van der Waals surface area contributed by atoms with E-state index in [0.29, 0.717) is 16.8 Å². The lowest BCUT2D eigenvalue weighted by atomic mass is 9.88. The third-order valence-corrected chi connectivity index (χ3v) is 7.32. The third kappa shape index (κ3) is 4.75. The molecule has 2 aliphatic rings. The third-order valence-electron chi connectivity index (χ3n) is 7.32. The molecule has 2 aromatic carbocycles. The Balaban J connectivity index is 1.14. The van der Waals surface area contributed by atoms with Crippen LogP contribution in [0.15, 0.2) is 48.5 Å². The summed E-state index contributed by atoms with van der Waals surface area (Å²) in [7, 11) is 0. The number of aromatic nitrogens is 1. The van der Waals surface area contributed by atoms with E-state index in [9.17, 15) is 18.4 Å². The van der Waals surface area contributed by atoms with Crippen LogP contribution in [0.25, 0.3) is 10.9 Å². The first kappa shape index (κ1) is 22.7. The van der Waals surface area contributed by atoms with Gasteiger partial charge in [0.05, 0.1) is 0 Å². The molecule has 0 radical (unpaired) electrons. The van der Waals surface area contributed by atoms with Crippen LogP contribution >= 0.6 is 0 Å². The second-order valence-electron chi connectivity index (χ2n) is 9.48. The molecule has 5 rings (SSSR count). The van der Waals surface area contributed by atoms with Crippen molar-refractivity contribution in [2.24, 2.45) is 5.92 Å². The molecular weight excluding hydrogens is 436 g/mol. The molecular formula is C27H29F2N3O2. The number of ketones is 1. The minimum Gasteiger partial charge on any atom is -0.350 e. The monoisotopic (exact) mass is 465 g/mol. The lowest BCUT2D eigenvalue weighted by Gasteiger charge is -2.33. The van der Waals surface area contributed by atoms with Crippen LogP contribution in [0.3, 0.4) is 0 Å². The van der Waals surface area contributed by atoms with Crippen molar-refractivity contribution in [3.05, 3.63) is 71.4 Å². The van der Waals surface area contributed by atoms with Gasteiger partial charge in [-0.15, -0.1) is 0 Å². The molecule has 1 unspecified atom stereocenters. The minimum atomic E-state index is -0.329. The topological polar surface area (TPSA) is 56.4 Å². The fourth-order valence-electron chi connectivity index (χ4n) is 5.37. The number of carbonyl (C=O) groups is 2. The number of nitrogens with one attached hydrogen (secondary N) is 1. The highest BCUT2D eigenvalue weighted by Crippen LogP contribution is 2.26. The van der Waals surface area contributed by atoms with Crippen molar-refractivity contribution in [1.82, 2.24) is 14.8 Å². The molecule has 178 valence electrons. The summed E-state index contributed by atoms with van der Waals surface area (Å²) in [6.07, 6.45) is 4.47. The van der Waals surface area contributed by atoms with E-state index in [4.69, 9.17) is 0 Å². The maximum atomic E-state index is 13.5. The number of carbonyl (C=O) groups excluding carboxylic acids is 2. The van der Waals surface area contributed by atoms with Gasteiger partial charge >= 0.3 is 0 Å². The predicted molar refractivity (Wildman–Crippen MR) is 127 cm³/mol. The molecule has 0 saturated carbocycles. The van der Waals surface area contributed by atoms with E-state index in [1.165, 1.54) is 24.3 Å². The smallest absolute Gasteiger partial charge is 0.270 e. The quantitative estimate of drug-likeness (QED) is 0.519. The molecule has 34 heavy (non-hydrogen) atoms. The van der Waals surface area contributed by atoms with Crippen molar-refractivity contribution in [3.63, 3.8) is 0 Å². The van der Waals surface area contributed by atoms with E-state index in [-0.39, 0.29) is 35.3 Å². The Bertz CT molecular complexity index is 1180. The molecule has 7 heteroatoms. The molecule has 5 nitrogen and oxygen atoms in total. The summed E-state index contributed by atoms with van der Waals surface area (Å²) in [5.41, 5.74) is 1.73. The summed E-state index contributed by atoms with van der Waals surface area (Å²) in [5, 5.41) is 0.832. The number of halogens is 2. The zero-order valence-electron chi connectivity index (χ0n) is 19.1. The largest absolute Gasteiger partial charge is 0.350 e. The van der Waals surface area contributed by atoms with Crippen molar-refractivity contribution in [3.8, 4) is 0 Å². The van der Waals surface area contributed by atoms with Gasteiger partial charge < -0.3 is 14.8 Å². The molecule has 3 aromatic rings.